The third kappa shape index (κ3) is 3.25. The van der Waals surface area contributed by atoms with Crippen molar-refractivity contribution in [3.8, 4) is 0 Å². The van der Waals surface area contributed by atoms with Crippen LogP contribution >= 0.6 is 15.9 Å². The van der Waals surface area contributed by atoms with Gasteiger partial charge in [0.05, 0.1) is 17.5 Å². The molecule has 0 N–H and O–H groups in total. The molecule has 110 valence electrons. The van der Waals surface area contributed by atoms with E-state index in [1.165, 1.54) is 7.11 Å². The molecule has 2 atom stereocenters. The van der Waals surface area contributed by atoms with Gasteiger partial charge in [-0.05, 0) is 0 Å². The number of likely N-dealkylation sites (tertiary alicyclic amines) is 1. The summed E-state index contributed by atoms with van der Waals surface area (Å²) in [6, 6.07) is -1.17. The first-order valence-corrected chi connectivity index (χ1v) is 6.46. The molecule has 1 fully saturated rings. The lowest BCUT2D eigenvalue weighted by molar-refractivity contribution is -0.182. The van der Waals surface area contributed by atoms with Crippen LogP contribution in [0.1, 0.15) is 6.42 Å². The Bertz CT molecular complexity index is 367. The summed E-state index contributed by atoms with van der Waals surface area (Å²) in [5.74, 6) is -7.37. The largest absolute Gasteiger partial charge is 0.383 e. The lowest BCUT2D eigenvalue weighted by atomic mass is 10.1. The van der Waals surface area contributed by atoms with Crippen molar-refractivity contribution in [1.29, 1.82) is 0 Å². The van der Waals surface area contributed by atoms with Crippen molar-refractivity contribution in [2.24, 2.45) is 0 Å². The molecule has 0 saturated carbocycles. The Balaban J connectivity index is 2.95. The van der Waals surface area contributed by atoms with Gasteiger partial charge in [-0.1, -0.05) is 15.9 Å². The third-order valence-electron chi connectivity index (χ3n) is 2.92. The van der Waals surface area contributed by atoms with Crippen LogP contribution < -0.4 is 0 Å². The third-order valence-corrected chi connectivity index (χ3v) is 3.47. The molecule has 0 radical (unpaired) electrons. The Kier molecular flexibility index (Phi) is 5.31. The van der Waals surface area contributed by atoms with Crippen molar-refractivity contribution in [2.75, 3.05) is 19.0 Å². The van der Waals surface area contributed by atoms with Gasteiger partial charge in [-0.2, -0.15) is 8.78 Å². The molecular formula is C10H12BrF4NO3. The molecule has 1 amide bonds. The molecule has 1 heterocycles. The first-order valence-electron chi connectivity index (χ1n) is 5.34. The molecule has 1 aliphatic heterocycles. The number of rotatable bonds is 5. The molecule has 1 saturated heterocycles. The van der Waals surface area contributed by atoms with Gasteiger partial charge in [-0.3, -0.25) is 9.59 Å². The van der Waals surface area contributed by atoms with E-state index in [1.807, 2.05) is 0 Å². The average molecular weight is 350 g/mol. The number of ether oxygens (including phenoxy) is 1. The summed E-state index contributed by atoms with van der Waals surface area (Å²) in [5, 5.41) is -0.155. The number of carbonyl (C=O) groups is 2. The molecule has 0 bridgehead atoms. The van der Waals surface area contributed by atoms with E-state index in [0.29, 0.717) is 4.90 Å². The van der Waals surface area contributed by atoms with Gasteiger partial charge in [-0.15, -0.1) is 0 Å². The number of alkyl halides is 5. The molecule has 1 aliphatic rings. The quantitative estimate of drug-likeness (QED) is 0.557. The number of methoxy groups -OCH3 is 1. The van der Waals surface area contributed by atoms with Crippen LogP contribution in [0.5, 0.6) is 0 Å². The second-order valence-corrected chi connectivity index (χ2v) is 4.65. The van der Waals surface area contributed by atoms with Crippen molar-refractivity contribution < 1.29 is 31.9 Å². The zero-order valence-electron chi connectivity index (χ0n) is 9.92. The second-order valence-electron chi connectivity index (χ2n) is 4.09. The summed E-state index contributed by atoms with van der Waals surface area (Å²) >= 11 is 2.86. The number of nitrogens with zero attached hydrogens (tertiary/aromatic N) is 1. The molecule has 2 unspecified atom stereocenters. The first-order chi connectivity index (χ1) is 8.75. The van der Waals surface area contributed by atoms with Crippen molar-refractivity contribution in [1.82, 2.24) is 4.90 Å². The van der Waals surface area contributed by atoms with Crippen LogP contribution in [-0.2, 0) is 14.3 Å². The summed E-state index contributed by atoms with van der Waals surface area (Å²) in [4.78, 5) is 23.5. The first kappa shape index (κ1) is 16.4. The molecular weight excluding hydrogens is 338 g/mol. The predicted octanol–water partition coefficient (Wildman–Crippen LogP) is 1.47. The molecule has 19 heavy (non-hydrogen) atoms. The monoisotopic (exact) mass is 349 g/mol. The lowest BCUT2D eigenvalue weighted by Gasteiger charge is -2.26. The standard InChI is InChI=1S/C10H12BrF4NO3/c1-19-5-2-6(7(17)3-11)16(4-5)9(18)10(14,15)8(12)13/h5-6,8H,2-4H2,1H3. The van der Waals surface area contributed by atoms with E-state index in [4.69, 9.17) is 4.74 Å². The van der Waals surface area contributed by atoms with Gasteiger partial charge in [0.1, 0.15) is 0 Å². The molecule has 0 spiro atoms. The van der Waals surface area contributed by atoms with Gasteiger partial charge in [0.2, 0.25) is 0 Å². The normalized spacial score (nSPS) is 24.1. The van der Waals surface area contributed by atoms with Crippen molar-refractivity contribution >= 4 is 27.6 Å². The van der Waals surface area contributed by atoms with E-state index in [0.717, 1.165) is 0 Å². The number of Topliss-reactive ketones (excluding diaryl/α,β-unsaturated/α-hetero) is 1. The molecule has 1 rings (SSSR count). The van der Waals surface area contributed by atoms with Crippen LogP contribution in [0.3, 0.4) is 0 Å². The highest BCUT2D eigenvalue weighted by Crippen LogP contribution is 2.30. The maximum atomic E-state index is 13.1. The second kappa shape index (κ2) is 6.17. The van der Waals surface area contributed by atoms with Crippen LogP contribution in [0.2, 0.25) is 0 Å². The maximum Gasteiger partial charge on any atom is 0.383 e. The van der Waals surface area contributed by atoms with Crippen molar-refractivity contribution in [3.05, 3.63) is 0 Å². The van der Waals surface area contributed by atoms with Crippen LogP contribution in [0.15, 0.2) is 0 Å². The van der Waals surface area contributed by atoms with Gasteiger partial charge in [0.15, 0.2) is 5.78 Å². The molecule has 0 aliphatic carbocycles. The van der Waals surface area contributed by atoms with E-state index in [-0.39, 0.29) is 18.3 Å². The molecule has 0 aromatic heterocycles. The lowest BCUT2D eigenvalue weighted by Crippen LogP contribution is -2.51. The van der Waals surface area contributed by atoms with E-state index in [9.17, 15) is 27.2 Å². The Morgan fingerprint density at radius 1 is 1.47 bits per heavy atom. The fraction of sp³-hybridized carbons (Fsp3) is 0.800. The number of ketones is 1. The number of hydrogen-bond acceptors (Lipinski definition) is 3. The fourth-order valence-corrected chi connectivity index (χ4v) is 2.25. The highest BCUT2D eigenvalue weighted by Gasteiger charge is 2.54. The molecule has 0 aromatic carbocycles. The van der Waals surface area contributed by atoms with E-state index >= 15 is 0 Å². The number of amides is 1. The predicted molar refractivity (Wildman–Crippen MR) is 60.7 cm³/mol. The van der Waals surface area contributed by atoms with E-state index in [2.05, 4.69) is 15.9 Å². The molecule has 9 heteroatoms. The minimum absolute atomic E-state index is 0.0198. The summed E-state index contributed by atoms with van der Waals surface area (Å²) in [6.07, 6.45) is -4.71. The Morgan fingerprint density at radius 3 is 2.47 bits per heavy atom. The topological polar surface area (TPSA) is 46.6 Å². The smallest absolute Gasteiger partial charge is 0.380 e. The van der Waals surface area contributed by atoms with E-state index in [1.54, 1.807) is 0 Å². The highest BCUT2D eigenvalue weighted by molar-refractivity contribution is 9.09. The van der Waals surface area contributed by atoms with Crippen LogP contribution in [0, 0.1) is 0 Å². The number of hydrogen-bond donors (Lipinski definition) is 0. The minimum Gasteiger partial charge on any atom is -0.380 e. The average Bonchev–Trinajstić information content (AvgIpc) is 2.80. The van der Waals surface area contributed by atoms with E-state index < -0.39 is 36.2 Å². The molecule has 4 nitrogen and oxygen atoms in total. The SMILES string of the molecule is COC1CC(C(=O)CBr)N(C(=O)C(F)(F)C(F)F)C1. The Hall–Kier alpha value is -0.700. The summed E-state index contributed by atoms with van der Waals surface area (Å²) in [6.45, 7) is -0.305. The fourth-order valence-electron chi connectivity index (χ4n) is 1.87. The minimum atomic E-state index is -4.80. The van der Waals surface area contributed by atoms with Crippen molar-refractivity contribution in [2.45, 2.75) is 30.9 Å². The van der Waals surface area contributed by atoms with Gasteiger partial charge in [-0.25, -0.2) is 8.78 Å². The number of halogens is 5. The van der Waals surface area contributed by atoms with Crippen LogP contribution in [0.25, 0.3) is 0 Å². The molecule has 0 aromatic rings. The summed E-state index contributed by atoms with van der Waals surface area (Å²) in [7, 11) is 1.29. The zero-order valence-corrected chi connectivity index (χ0v) is 11.5. The Labute approximate surface area is 115 Å². The highest BCUT2D eigenvalue weighted by atomic mass is 79.9. The zero-order chi connectivity index (χ0) is 14.8. The number of carbonyl (C=O) groups excluding carboxylic acids is 2. The maximum absolute atomic E-state index is 13.1. The van der Waals surface area contributed by atoms with Crippen LogP contribution in [0.4, 0.5) is 17.6 Å². The van der Waals surface area contributed by atoms with Gasteiger partial charge >= 0.3 is 12.3 Å². The Morgan fingerprint density at radius 2 is 2.05 bits per heavy atom. The van der Waals surface area contributed by atoms with Gasteiger partial charge < -0.3 is 9.64 Å². The summed E-state index contributed by atoms with van der Waals surface area (Å²) in [5.41, 5.74) is 0. The van der Waals surface area contributed by atoms with Gasteiger partial charge in [0.25, 0.3) is 5.91 Å². The van der Waals surface area contributed by atoms with Gasteiger partial charge in [0, 0.05) is 20.1 Å². The van der Waals surface area contributed by atoms with Crippen molar-refractivity contribution in [3.63, 3.8) is 0 Å². The van der Waals surface area contributed by atoms with Crippen LogP contribution in [-0.4, -0.2) is 60.1 Å². The summed E-state index contributed by atoms with van der Waals surface area (Å²) < 4.78 is 55.4.